The van der Waals surface area contributed by atoms with E-state index in [1.54, 1.807) is 0 Å². The first-order valence-corrected chi connectivity index (χ1v) is 7.93. The maximum absolute atomic E-state index is 6.49. The molecule has 20 heavy (non-hydrogen) atoms. The molecule has 1 N–H and O–H groups in total. The number of nitrogens with one attached hydrogen (secondary N) is 1. The fraction of sp³-hybridized carbons (Fsp3) is 0.529. The molecule has 0 aliphatic carbocycles. The molecule has 0 radical (unpaired) electrons. The summed E-state index contributed by atoms with van der Waals surface area (Å²) in [6.07, 6.45) is 4.57. The van der Waals surface area contributed by atoms with Gasteiger partial charge in [-0.1, -0.05) is 36.2 Å². The van der Waals surface area contributed by atoms with Gasteiger partial charge in [0.1, 0.15) is 0 Å². The Morgan fingerprint density at radius 1 is 1.40 bits per heavy atom. The van der Waals surface area contributed by atoms with Gasteiger partial charge in [-0.3, -0.25) is 0 Å². The van der Waals surface area contributed by atoms with Gasteiger partial charge in [-0.05, 0) is 50.9 Å². The van der Waals surface area contributed by atoms with E-state index in [1.165, 1.54) is 11.1 Å². The normalized spacial score (nSPS) is 17.0. The lowest BCUT2D eigenvalue weighted by Gasteiger charge is -2.29. The Bertz CT molecular complexity index is 482. The van der Waals surface area contributed by atoms with E-state index in [1.807, 2.05) is 0 Å². The molecular weight excluding hydrogens is 268 g/mol. The summed E-state index contributed by atoms with van der Waals surface area (Å²) in [7, 11) is 0. The average molecular weight is 293 g/mol. The zero-order valence-electron chi connectivity index (χ0n) is 12.7. The summed E-state index contributed by atoms with van der Waals surface area (Å²) in [5, 5.41) is 4.36. The third kappa shape index (κ3) is 3.77. The van der Waals surface area contributed by atoms with Crippen LogP contribution in [0.3, 0.4) is 0 Å². The zero-order valence-corrected chi connectivity index (χ0v) is 13.5. The molecule has 1 atom stereocenters. The summed E-state index contributed by atoms with van der Waals surface area (Å²) < 4.78 is 0. The predicted octanol–water partition coefficient (Wildman–Crippen LogP) is 4.56. The first-order chi connectivity index (χ1) is 9.61. The fourth-order valence-corrected chi connectivity index (χ4v) is 2.83. The van der Waals surface area contributed by atoms with Crippen LogP contribution in [0.1, 0.15) is 45.2 Å². The van der Waals surface area contributed by atoms with Gasteiger partial charge in [0.05, 0.1) is 10.7 Å². The molecule has 0 fully saturated rings. The van der Waals surface area contributed by atoms with Crippen molar-refractivity contribution in [2.75, 3.05) is 24.5 Å². The number of benzene rings is 1. The monoisotopic (exact) mass is 292 g/mol. The smallest absolute Gasteiger partial charge is 0.0643 e. The minimum absolute atomic E-state index is 0.352. The van der Waals surface area contributed by atoms with Gasteiger partial charge in [-0.15, -0.1) is 0 Å². The molecule has 3 heteroatoms. The topological polar surface area (TPSA) is 15.3 Å². The highest BCUT2D eigenvalue weighted by Gasteiger charge is 2.14. The van der Waals surface area contributed by atoms with Gasteiger partial charge >= 0.3 is 0 Å². The summed E-state index contributed by atoms with van der Waals surface area (Å²) >= 11 is 6.49. The van der Waals surface area contributed by atoms with Crippen LogP contribution in [0.2, 0.25) is 5.02 Å². The number of nitrogens with zero attached hydrogens (tertiary/aromatic N) is 1. The first kappa shape index (κ1) is 15.4. The Labute approximate surface area is 127 Å². The van der Waals surface area contributed by atoms with Crippen LogP contribution in [-0.2, 0) is 0 Å². The Balaban J connectivity index is 2.10. The SMILES string of the molecule is CCCNC(C)c1ccc(N2CC=C(C)CC2)c(Cl)c1. The molecule has 0 spiro atoms. The number of anilines is 1. The highest BCUT2D eigenvalue weighted by atomic mass is 35.5. The van der Waals surface area contributed by atoms with E-state index < -0.39 is 0 Å². The zero-order chi connectivity index (χ0) is 14.5. The molecule has 1 aliphatic heterocycles. The predicted molar refractivity (Wildman–Crippen MR) is 88.7 cm³/mol. The minimum atomic E-state index is 0.352. The van der Waals surface area contributed by atoms with E-state index >= 15 is 0 Å². The van der Waals surface area contributed by atoms with Crippen LogP contribution in [0.25, 0.3) is 0 Å². The van der Waals surface area contributed by atoms with Gasteiger partial charge in [0.2, 0.25) is 0 Å². The van der Waals surface area contributed by atoms with E-state index in [4.69, 9.17) is 11.6 Å². The van der Waals surface area contributed by atoms with Crippen LogP contribution in [0.4, 0.5) is 5.69 Å². The van der Waals surface area contributed by atoms with Crippen molar-refractivity contribution in [3.8, 4) is 0 Å². The summed E-state index contributed by atoms with van der Waals surface area (Å²) in [5.74, 6) is 0. The quantitative estimate of drug-likeness (QED) is 0.801. The van der Waals surface area contributed by atoms with Gasteiger partial charge in [-0.2, -0.15) is 0 Å². The Morgan fingerprint density at radius 2 is 2.20 bits per heavy atom. The van der Waals surface area contributed by atoms with Crippen molar-refractivity contribution in [3.05, 3.63) is 40.4 Å². The Morgan fingerprint density at radius 3 is 2.80 bits per heavy atom. The lowest BCUT2D eigenvalue weighted by atomic mass is 10.1. The number of hydrogen-bond acceptors (Lipinski definition) is 2. The summed E-state index contributed by atoms with van der Waals surface area (Å²) in [4.78, 5) is 2.35. The number of rotatable bonds is 5. The molecule has 2 nitrogen and oxygen atoms in total. The average Bonchev–Trinajstić information content (AvgIpc) is 2.46. The van der Waals surface area contributed by atoms with Crippen molar-refractivity contribution in [1.29, 1.82) is 0 Å². The molecule has 0 saturated heterocycles. The van der Waals surface area contributed by atoms with Crippen molar-refractivity contribution >= 4 is 17.3 Å². The Kier molecular flexibility index (Phi) is 5.50. The van der Waals surface area contributed by atoms with Crippen LogP contribution in [0.5, 0.6) is 0 Å². The first-order valence-electron chi connectivity index (χ1n) is 7.55. The van der Waals surface area contributed by atoms with Crippen molar-refractivity contribution in [3.63, 3.8) is 0 Å². The van der Waals surface area contributed by atoms with Crippen LogP contribution < -0.4 is 10.2 Å². The van der Waals surface area contributed by atoms with Crippen LogP contribution in [0, 0.1) is 0 Å². The molecule has 110 valence electrons. The van der Waals surface area contributed by atoms with Crippen molar-refractivity contribution < 1.29 is 0 Å². The summed E-state index contributed by atoms with van der Waals surface area (Å²) in [6.45, 7) is 9.63. The minimum Gasteiger partial charge on any atom is -0.366 e. The molecule has 1 heterocycles. The lowest BCUT2D eigenvalue weighted by Crippen LogP contribution is -2.28. The van der Waals surface area contributed by atoms with Gasteiger partial charge < -0.3 is 10.2 Å². The van der Waals surface area contributed by atoms with Crippen LogP contribution in [0.15, 0.2) is 29.8 Å². The maximum atomic E-state index is 6.49. The second kappa shape index (κ2) is 7.14. The van der Waals surface area contributed by atoms with E-state index in [0.717, 1.165) is 43.2 Å². The van der Waals surface area contributed by atoms with Crippen LogP contribution in [-0.4, -0.2) is 19.6 Å². The van der Waals surface area contributed by atoms with E-state index in [-0.39, 0.29) is 0 Å². The van der Waals surface area contributed by atoms with E-state index in [2.05, 4.69) is 55.3 Å². The van der Waals surface area contributed by atoms with Gasteiger partial charge in [0.15, 0.2) is 0 Å². The van der Waals surface area contributed by atoms with Crippen molar-refractivity contribution in [2.45, 2.75) is 39.7 Å². The molecule has 0 aromatic heterocycles. The number of hydrogen-bond donors (Lipinski definition) is 1. The van der Waals surface area contributed by atoms with Crippen LogP contribution >= 0.6 is 11.6 Å². The molecule has 0 saturated carbocycles. The molecule has 2 rings (SSSR count). The van der Waals surface area contributed by atoms with Crippen molar-refractivity contribution in [2.24, 2.45) is 0 Å². The van der Waals surface area contributed by atoms with Gasteiger partial charge in [-0.25, -0.2) is 0 Å². The molecule has 1 aromatic carbocycles. The van der Waals surface area contributed by atoms with E-state index in [0.29, 0.717) is 6.04 Å². The second-order valence-electron chi connectivity index (χ2n) is 5.63. The third-order valence-electron chi connectivity index (χ3n) is 3.95. The number of halogens is 1. The molecule has 0 bridgehead atoms. The fourth-order valence-electron chi connectivity index (χ4n) is 2.52. The van der Waals surface area contributed by atoms with Gasteiger partial charge in [0.25, 0.3) is 0 Å². The largest absolute Gasteiger partial charge is 0.366 e. The third-order valence-corrected chi connectivity index (χ3v) is 4.25. The second-order valence-corrected chi connectivity index (χ2v) is 6.04. The molecule has 1 aliphatic rings. The van der Waals surface area contributed by atoms with E-state index in [9.17, 15) is 0 Å². The van der Waals surface area contributed by atoms with Crippen molar-refractivity contribution in [1.82, 2.24) is 5.32 Å². The lowest BCUT2D eigenvalue weighted by molar-refractivity contribution is 0.570. The highest BCUT2D eigenvalue weighted by molar-refractivity contribution is 6.33. The highest BCUT2D eigenvalue weighted by Crippen LogP contribution is 2.30. The standard InChI is InChI=1S/C17H25ClN2/c1-4-9-19-14(3)15-5-6-17(16(18)12-15)20-10-7-13(2)8-11-20/h5-7,12,14,19H,4,8-11H2,1-3H3. The summed E-state index contributed by atoms with van der Waals surface area (Å²) in [6, 6.07) is 6.82. The summed E-state index contributed by atoms with van der Waals surface area (Å²) in [5.41, 5.74) is 3.89. The Hall–Kier alpha value is -0.990. The maximum Gasteiger partial charge on any atom is 0.0643 e. The molecule has 1 aromatic rings. The molecule has 1 unspecified atom stereocenters. The molecule has 0 amide bonds. The van der Waals surface area contributed by atoms with Gasteiger partial charge in [0, 0.05) is 19.1 Å². The molecular formula is C17H25ClN2.